The Morgan fingerprint density at radius 1 is 1.50 bits per heavy atom. The van der Waals surface area contributed by atoms with Crippen molar-refractivity contribution < 1.29 is 14.4 Å². The second kappa shape index (κ2) is 6.56. The fourth-order valence-electron chi connectivity index (χ4n) is 2.57. The van der Waals surface area contributed by atoms with E-state index in [0.717, 1.165) is 19.4 Å². The number of ether oxygens (including phenoxy) is 2. The van der Waals surface area contributed by atoms with E-state index in [2.05, 4.69) is 0 Å². The fourth-order valence-corrected chi connectivity index (χ4v) is 2.57. The van der Waals surface area contributed by atoms with Crippen molar-refractivity contribution in [2.75, 3.05) is 31.7 Å². The second-order valence-corrected chi connectivity index (χ2v) is 4.76. The molecule has 1 aromatic carbocycles. The quantitative estimate of drug-likeness (QED) is 0.612. The van der Waals surface area contributed by atoms with Gasteiger partial charge in [-0.1, -0.05) is 6.07 Å². The lowest BCUT2D eigenvalue weighted by molar-refractivity contribution is -0.385. The maximum absolute atomic E-state index is 11.4. The SMILES string of the molecule is CCOc1cccc(N2CCCC(OC)C2)c1[N+](=O)[O-]. The van der Waals surface area contributed by atoms with E-state index in [9.17, 15) is 10.1 Å². The molecule has 6 nitrogen and oxygen atoms in total. The molecule has 0 spiro atoms. The molecule has 1 atom stereocenters. The lowest BCUT2D eigenvalue weighted by Crippen LogP contribution is -2.39. The second-order valence-electron chi connectivity index (χ2n) is 4.76. The van der Waals surface area contributed by atoms with Crippen molar-refractivity contribution in [2.45, 2.75) is 25.9 Å². The van der Waals surface area contributed by atoms with Crippen LogP contribution in [0.4, 0.5) is 11.4 Å². The van der Waals surface area contributed by atoms with Crippen LogP contribution >= 0.6 is 0 Å². The van der Waals surface area contributed by atoms with E-state index < -0.39 is 0 Å². The molecule has 1 unspecified atom stereocenters. The molecule has 2 rings (SSSR count). The summed E-state index contributed by atoms with van der Waals surface area (Å²) in [5, 5.41) is 11.4. The molecule has 1 fully saturated rings. The zero-order valence-electron chi connectivity index (χ0n) is 11.9. The third kappa shape index (κ3) is 3.01. The number of nitrogens with zero attached hydrogens (tertiary/aromatic N) is 2. The van der Waals surface area contributed by atoms with Crippen LogP contribution in [0.5, 0.6) is 5.75 Å². The molecule has 6 heteroatoms. The van der Waals surface area contributed by atoms with Crippen LogP contribution < -0.4 is 9.64 Å². The maximum Gasteiger partial charge on any atom is 0.333 e. The largest absolute Gasteiger partial charge is 0.487 e. The van der Waals surface area contributed by atoms with Gasteiger partial charge in [0.1, 0.15) is 5.69 Å². The van der Waals surface area contributed by atoms with Gasteiger partial charge in [0.2, 0.25) is 0 Å². The Labute approximate surface area is 118 Å². The zero-order valence-corrected chi connectivity index (χ0v) is 11.9. The van der Waals surface area contributed by atoms with Crippen molar-refractivity contribution in [2.24, 2.45) is 0 Å². The van der Waals surface area contributed by atoms with Gasteiger partial charge in [0.15, 0.2) is 5.75 Å². The number of piperidine rings is 1. The first-order chi connectivity index (χ1) is 9.67. The van der Waals surface area contributed by atoms with Gasteiger partial charge in [-0.2, -0.15) is 0 Å². The summed E-state index contributed by atoms with van der Waals surface area (Å²) in [6.45, 7) is 3.70. The number of nitro groups is 1. The summed E-state index contributed by atoms with van der Waals surface area (Å²) in [6.07, 6.45) is 2.08. The number of hydrogen-bond donors (Lipinski definition) is 0. The molecule has 20 heavy (non-hydrogen) atoms. The molecule has 0 radical (unpaired) electrons. The van der Waals surface area contributed by atoms with Gasteiger partial charge in [0.25, 0.3) is 0 Å². The summed E-state index contributed by atoms with van der Waals surface area (Å²) >= 11 is 0. The Morgan fingerprint density at radius 2 is 2.30 bits per heavy atom. The van der Waals surface area contributed by atoms with Gasteiger partial charge in [0, 0.05) is 20.2 Å². The van der Waals surface area contributed by atoms with Gasteiger partial charge < -0.3 is 14.4 Å². The van der Waals surface area contributed by atoms with E-state index in [-0.39, 0.29) is 16.7 Å². The third-order valence-corrected chi connectivity index (χ3v) is 3.51. The summed E-state index contributed by atoms with van der Waals surface area (Å²) < 4.78 is 10.8. The highest BCUT2D eigenvalue weighted by atomic mass is 16.6. The van der Waals surface area contributed by atoms with Crippen molar-refractivity contribution in [3.63, 3.8) is 0 Å². The molecule has 110 valence electrons. The predicted octanol–water partition coefficient (Wildman–Crippen LogP) is 2.61. The average Bonchev–Trinajstić information content (AvgIpc) is 2.47. The van der Waals surface area contributed by atoms with Gasteiger partial charge in [0.05, 0.1) is 17.6 Å². The van der Waals surface area contributed by atoms with E-state index in [4.69, 9.17) is 9.47 Å². The Kier molecular flexibility index (Phi) is 4.79. The fraction of sp³-hybridized carbons (Fsp3) is 0.571. The van der Waals surface area contributed by atoms with Crippen LogP contribution in [-0.4, -0.2) is 37.8 Å². The lowest BCUT2D eigenvalue weighted by atomic mass is 10.1. The van der Waals surface area contributed by atoms with Crippen LogP contribution in [0.15, 0.2) is 18.2 Å². The van der Waals surface area contributed by atoms with Crippen molar-refractivity contribution in [3.8, 4) is 5.75 Å². The van der Waals surface area contributed by atoms with E-state index in [1.54, 1.807) is 25.3 Å². The Hall–Kier alpha value is -1.82. The van der Waals surface area contributed by atoms with Gasteiger partial charge in [-0.05, 0) is 31.9 Å². The number of hydrogen-bond acceptors (Lipinski definition) is 5. The van der Waals surface area contributed by atoms with E-state index in [1.165, 1.54) is 0 Å². The smallest absolute Gasteiger partial charge is 0.333 e. The van der Waals surface area contributed by atoms with Gasteiger partial charge >= 0.3 is 5.69 Å². The molecule has 0 aromatic heterocycles. The minimum absolute atomic E-state index is 0.0473. The number of anilines is 1. The summed E-state index contributed by atoms with van der Waals surface area (Å²) in [5.74, 6) is 0.328. The molecule has 1 heterocycles. The van der Waals surface area contributed by atoms with Crippen molar-refractivity contribution >= 4 is 11.4 Å². The topological polar surface area (TPSA) is 64.8 Å². The van der Waals surface area contributed by atoms with Gasteiger partial charge in [-0.15, -0.1) is 0 Å². The first-order valence-corrected chi connectivity index (χ1v) is 6.85. The highest BCUT2D eigenvalue weighted by Gasteiger charge is 2.28. The standard InChI is InChI=1S/C14H20N2O4/c1-3-20-13-8-4-7-12(14(13)16(17)18)15-9-5-6-11(10-15)19-2/h4,7-8,11H,3,5-6,9-10H2,1-2H3. The van der Waals surface area contributed by atoms with E-state index in [0.29, 0.717) is 24.6 Å². The maximum atomic E-state index is 11.4. The summed E-state index contributed by atoms with van der Waals surface area (Å²) in [7, 11) is 1.68. The van der Waals surface area contributed by atoms with E-state index in [1.807, 2.05) is 11.8 Å². The highest BCUT2D eigenvalue weighted by Crippen LogP contribution is 2.38. The number of para-hydroxylation sites is 1. The minimum Gasteiger partial charge on any atom is -0.487 e. The average molecular weight is 280 g/mol. The highest BCUT2D eigenvalue weighted by molar-refractivity contribution is 5.70. The molecular weight excluding hydrogens is 260 g/mol. The Bertz CT molecular complexity index is 478. The van der Waals surface area contributed by atoms with Crippen LogP contribution in [0.1, 0.15) is 19.8 Å². The van der Waals surface area contributed by atoms with Crippen LogP contribution in [0.2, 0.25) is 0 Å². The van der Waals surface area contributed by atoms with Crippen LogP contribution in [0, 0.1) is 10.1 Å². The van der Waals surface area contributed by atoms with E-state index >= 15 is 0 Å². The molecule has 1 saturated heterocycles. The first-order valence-electron chi connectivity index (χ1n) is 6.85. The molecule has 0 amide bonds. The molecular formula is C14H20N2O4. The number of benzene rings is 1. The monoisotopic (exact) mass is 280 g/mol. The molecule has 1 aliphatic rings. The Morgan fingerprint density at radius 3 is 2.95 bits per heavy atom. The molecule has 1 aliphatic heterocycles. The van der Waals surface area contributed by atoms with Gasteiger partial charge in [-0.3, -0.25) is 10.1 Å². The summed E-state index contributed by atoms with van der Waals surface area (Å²) in [5.41, 5.74) is 0.661. The molecule has 0 aliphatic carbocycles. The lowest BCUT2D eigenvalue weighted by Gasteiger charge is -2.33. The Balaban J connectivity index is 2.34. The predicted molar refractivity (Wildman–Crippen MR) is 76.5 cm³/mol. The molecule has 0 saturated carbocycles. The van der Waals surface area contributed by atoms with Crippen LogP contribution in [0.3, 0.4) is 0 Å². The third-order valence-electron chi connectivity index (χ3n) is 3.51. The van der Waals surface area contributed by atoms with Crippen LogP contribution in [0.25, 0.3) is 0 Å². The van der Waals surface area contributed by atoms with Crippen molar-refractivity contribution in [1.82, 2.24) is 0 Å². The normalized spacial score (nSPS) is 18.9. The number of methoxy groups -OCH3 is 1. The van der Waals surface area contributed by atoms with Crippen molar-refractivity contribution in [1.29, 1.82) is 0 Å². The summed E-state index contributed by atoms with van der Waals surface area (Å²) in [6, 6.07) is 5.21. The zero-order chi connectivity index (χ0) is 14.5. The number of nitro benzene ring substituents is 1. The minimum atomic E-state index is -0.364. The summed E-state index contributed by atoms with van der Waals surface area (Å²) in [4.78, 5) is 13.0. The molecule has 0 N–H and O–H groups in total. The van der Waals surface area contributed by atoms with Gasteiger partial charge in [-0.25, -0.2) is 0 Å². The van der Waals surface area contributed by atoms with Crippen molar-refractivity contribution in [3.05, 3.63) is 28.3 Å². The molecule has 0 bridgehead atoms. The first kappa shape index (κ1) is 14.6. The molecule has 1 aromatic rings. The number of rotatable bonds is 5. The van der Waals surface area contributed by atoms with Crippen LogP contribution in [-0.2, 0) is 4.74 Å².